The van der Waals surface area contributed by atoms with E-state index < -0.39 is 0 Å². The van der Waals surface area contributed by atoms with Gasteiger partial charge in [-0.3, -0.25) is 0 Å². The Morgan fingerprint density at radius 2 is 2.00 bits per heavy atom. The van der Waals surface area contributed by atoms with Crippen LogP contribution in [-0.2, 0) is 0 Å². The van der Waals surface area contributed by atoms with Crippen LogP contribution in [0.15, 0.2) is 0 Å². The molecule has 1 aliphatic rings. The molecule has 3 nitrogen and oxygen atoms in total. The summed E-state index contributed by atoms with van der Waals surface area (Å²) in [6, 6.07) is 0. The maximum atomic E-state index is 8.76. The molecule has 3 heteroatoms. The fraction of sp³-hybridized carbons (Fsp3) is 1.00. The Labute approximate surface area is 68.2 Å². The lowest BCUT2D eigenvalue weighted by Gasteiger charge is -2.37. The molecule has 0 unspecified atom stereocenters. The third-order valence-corrected chi connectivity index (χ3v) is 2.59. The summed E-state index contributed by atoms with van der Waals surface area (Å²) >= 11 is 0. The smallest absolute Gasteiger partial charge is 0.0448 e. The quantitative estimate of drug-likeness (QED) is 0.585. The molecule has 0 saturated carbocycles. The average Bonchev–Trinajstić information content (AvgIpc) is 1.97. The molecule has 0 aromatic heterocycles. The van der Waals surface area contributed by atoms with Gasteiger partial charge >= 0.3 is 0 Å². The first-order valence-corrected chi connectivity index (χ1v) is 4.25. The van der Waals surface area contributed by atoms with Crippen molar-refractivity contribution >= 4 is 0 Å². The number of rotatable bonds is 2. The summed E-state index contributed by atoms with van der Waals surface area (Å²) in [6.45, 7) is 2.35. The van der Waals surface area contributed by atoms with Gasteiger partial charge in [-0.05, 0) is 39.4 Å². The van der Waals surface area contributed by atoms with Crippen LogP contribution in [0.2, 0.25) is 0 Å². The van der Waals surface area contributed by atoms with Crippen molar-refractivity contribution in [2.45, 2.75) is 24.8 Å². The van der Waals surface area contributed by atoms with Crippen molar-refractivity contribution in [3.05, 3.63) is 0 Å². The first kappa shape index (κ1) is 8.97. The average molecular weight is 158 g/mol. The molecule has 1 saturated heterocycles. The third kappa shape index (κ3) is 2.43. The Balaban J connectivity index is 2.35. The van der Waals surface area contributed by atoms with E-state index in [9.17, 15) is 0 Å². The van der Waals surface area contributed by atoms with E-state index in [1.54, 1.807) is 0 Å². The van der Waals surface area contributed by atoms with Gasteiger partial charge in [-0.1, -0.05) is 0 Å². The largest absolute Gasteiger partial charge is 0.396 e. The first-order valence-electron chi connectivity index (χ1n) is 4.25. The Hall–Kier alpha value is -0.120. The number of hydrogen-bond acceptors (Lipinski definition) is 3. The van der Waals surface area contributed by atoms with Crippen molar-refractivity contribution in [1.29, 1.82) is 0 Å². The van der Waals surface area contributed by atoms with E-state index in [-0.39, 0.29) is 12.1 Å². The second kappa shape index (κ2) is 3.52. The highest BCUT2D eigenvalue weighted by Crippen LogP contribution is 2.21. The van der Waals surface area contributed by atoms with Crippen LogP contribution in [-0.4, -0.2) is 42.3 Å². The molecule has 0 aromatic carbocycles. The summed E-state index contributed by atoms with van der Waals surface area (Å²) < 4.78 is 0. The lowest BCUT2D eigenvalue weighted by atomic mass is 9.86. The number of aliphatic hydroxyl groups is 1. The van der Waals surface area contributed by atoms with E-state index in [0.29, 0.717) is 0 Å². The topological polar surface area (TPSA) is 49.5 Å². The second-order valence-corrected chi connectivity index (χ2v) is 3.64. The van der Waals surface area contributed by atoms with Crippen LogP contribution in [0.3, 0.4) is 0 Å². The van der Waals surface area contributed by atoms with Crippen molar-refractivity contribution in [2.24, 2.45) is 5.73 Å². The van der Waals surface area contributed by atoms with Crippen LogP contribution in [0.5, 0.6) is 0 Å². The number of aliphatic hydroxyl groups excluding tert-OH is 1. The third-order valence-electron chi connectivity index (χ3n) is 2.59. The van der Waals surface area contributed by atoms with Gasteiger partial charge in [0.25, 0.3) is 0 Å². The summed E-state index contributed by atoms with van der Waals surface area (Å²) in [7, 11) is 2.11. The van der Waals surface area contributed by atoms with E-state index in [4.69, 9.17) is 10.8 Å². The SMILES string of the molecule is CN1CCC(N)(CCO)CC1. The van der Waals surface area contributed by atoms with Crippen LogP contribution >= 0.6 is 0 Å². The van der Waals surface area contributed by atoms with E-state index in [1.807, 2.05) is 0 Å². The zero-order valence-electron chi connectivity index (χ0n) is 7.21. The summed E-state index contributed by atoms with van der Waals surface area (Å²) in [5.41, 5.74) is 5.96. The number of hydrogen-bond donors (Lipinski definition) is 2. The minimum absolute atomic E-state index is 0.0821. The number of nitrogens with zero attached hydrogens (tertiary/aromatic N) is 1. The minimum atomic E-state index is -0.0821. The molecular weight excluding hydrogens is 140 g/mol. The molecule has 1 fully saturated rings. The van der Waals surface area contributed by atoms with Gasteiger partial charge in [-0.2, -0.15) is 0 Å². The molecule has 0 radical (unpaired) electrons. The summed E-state index contributed by atoms with van der Waals surface area (Å²) in [5.74, 6) is 0. The summed E-state index contributed by atoms with van der Waals surface area (Å²) in [6.07, 6.45) is 2.79. The van der Waals surface area contributed by atoms with Crippen molar-refractivity contribution in [2.75, 3.05) is 26.7 Å². The molecule has 0 spiro atoms. The van der Waals surface area contributed by atoms with E-state index in [1.165, 1.54) is 0 Å². The van der Waals surface area contributed by atoms with Gasteiger partial charge in [0.1, 0.15) is 0 Å². The van der Waals surface area contributed by atoms with Crippen LogP contribution in [0.25, 0.3) is 0 Å². The summed E-state index contributed by atoms with van der Waals surface area (Å²) in [4.78, 5) is 2.28. The monoisotopic (exact) mass is 158 g/mol. The molecule has 0 aromatic rings. The van der Waals surface area contributed by atoms with Crippen LogP contribution in [0, 0.1) is 0 Å². The Kier molecular flexibility index (Phi) is 2.87. The minimum Gasteiger partial charge on any atom is -0.396 e. The lowest BCUT2D eigenvalue weighted by Crippen LogP contribution is -2.49. The van der Waals surface area contributed by atoms with Gasteiger partial charge in [0.05, 0.1) is 0 Å². The van der Waals surface area contributed by atoms with Gasteiger partial charge in [0, 0.05) is 12.1 Å². The standard InChI is InChI=1S/C8H18N2O/c1-10-5-2-8(9,3-6-10)4-7-11/h11H,2-7,9H2,1H3. The molecule has 0 aliphatic carbocycles. The molecule has 0 amide bonds. The van der Waals surface area contributed by atoms with Crippen LogP contribution < -0.4 is 5.73 Å². The molecular formula is C8H18N2O. The number of piperidine rings is 1. The van der Waals surface area contributed by atoms with Crippen molar-refractivity contribution in [3.63, 3.8) is 0 Å². The number of nitrogens with two attached hydrogens (primary N) is 1. The van der Waals surface area contributed by atoms with Crippen molar-refractivity contribution in [1.82, 2.24) is 4.90 Å². The molecule has 1 heterocycles. The van der Waals surface area contributed by atoms with Crippen LogP contribution in [0.4, 0.5) is 0 Å². The maximum Gasteiger partial charge on any atom is 0.0448 e. The predicted octanol–water partition coefficient (Wildman–Crippen LogP) is -0.208. The lowest BCUT2D eigenvalue weighted by molar-refractivity contribution is 0.153. The molecule has 3 N–H and O–H groups in total. The molecule has 0 atom stereocenters. The zero-order chi connectivity index (χ0) is 8.32. The molecule has 1 aliphatic heterocycles. The highest BCUT2D eigenvalue weighted by atomic mass is 16.3. The van der Waals surface area contributed by atoms with Crippen molar-refractivity contribution < 1.29 is 5.11 Å². The summed E-state index contributed by atoms with van der Waals surface area (Å²) in [5, 5.41) is 8.76. The molecule has 66 valence electrons. The second-order valence-electron chi connectivity index (χ2n) is 3.64. The number of likely N-dealkylation sites (tertiary alicyclic amines) is 1. The fourth-order valence-electron chi connectivity index (χ4n) is 1.54. The molecule has 0 bridgehead atoms. The van der Waals surface area contributed by atoms with Gasteiger partial charge in [0.2, 0.25) is 0 Å². The van der Waals surface area contributed by atoms with E-state index in [2.05, 4.69) is 11.9 Å². The Morgan fingerprint density at radius 1 is 1.45 bits per heavy atom. The highest BCUT2D eigenvalue weighted by Gasteiger charge is 2.28. The maximum absolute atomic E-state index is 8.76. The Morgan fingerprint density at radius 3 is 2.45 bits per heavy atom. The van der Waals surface area contributed by atoms with Gasteiger partial charge in [-0.15, -0.1) is 0 Å². The molecule has 11 heavy (non-hydrogen) atoms. The normalized spacial score (nSPS) is 25.4. The van der Waals surface area contributed by atoms with Gasteiger partial charge in [0.15, 0.2) is 0 Å². The Bertz CT molecular complexity index is 119. The fourth-order valence-corrected chi connectivity index (χ4v) is 1.54. The van der Waals surface area contributed by atoms with E-state index in [0.717, 1.165) is 32.4 Å². The van der Waals surface area contributed by atoms with Crippen LogP contribution in [0.1, 0.15) is 19.3 Å². The highest BCUT2D eigenvalue weighted by molar-refractivity contribution is 4.88. The first-order chi connectivity index (χ1) is 5.16. The molecule has 1 rings (SSSR count). The van der Waals surface area contributed by atoms with Gasteiger partial charge < -0.3 is 15.7 Å². The predicted molar refractivity (Wildman–Crippen MR) is 45.4 cm³/mol. The van der Waals surface area contributed by atoms with E-state index >= 15 is 0 Å². The van der Waals surface area contributed by atoms with Gasteiger partial charge in [-0.25, -0.2) is 0 Å². The van der Waals surface area contributed by atoms with Crippen molar-refractivity contribution in [3.8, 4) is 0 Å². The zero-order valence-corrected chi connectivity index (χ0v) is 7.21.